The third-order valence-corrected chi connectivity index (χ3v) is 6.61. The van der Waals surface area contributed by atoms with Gasteiger partial charge in [-0.25, -0.2) is 4.39 Å². The fourth-order valence-corrected chi connectivity index (χ4v) is 4.09. The first-order valence-electron chi connectivity index (χ1n) is 12.5. The number of amides is 2. The van der Waals surface area contributed by atoms with Crippen LogP contribution in [0.2, 0.25) is 0 Å². The number of alkyl halides is 3. The molecule has 1 saturated heterocycles. The van der Waals surface area contributed by atoms with Crippen LogP contribution in [0.25, 0.3) is 0 Å². The molecule has 0 bridgehead atoms. The van der Waals surface area contributed by atoms with Crippen molar-refractivity contribution in [1.82, 2.24) is 10.2 Å². The predicted molar refractivity (Wildman–Crippen MR) is 130 cm³/mol. The lowest BCUT2D eigenvalue weighted by Gasteiger charge is -2.29. The SMILES string of the molecule is CCC(C)C=C[C@@H](O)[C@H](O)[C@@H](O)[C@@H](OC)C(=O)NC1CCCCN(Cc2ccc(F)c(C(F)(F)F)c2)C1=O. The summed E-state index contributed by atoms with van der Waals surface area (Å²) in [7, 11) is 1.12. The normalized spacial score (nSPS) is 21.1. The number of halogens is 4. The number of carbonyl (C=O) groups excluding carboxylic acids is 2. The van der Waals surface area contributed by atoms with Gasteiger partial charge in [0.1, 0.15) is 30.2 Å². The van der Waals surface area contributed by atoms with Gasteiger partial charge in [0.05, 0.1) is 5.56 Å². The van der Waals surface area contributed by atoms with Gasteiger partial charge in [-0.2, -0.15) is 13.2 Å². The van der Waals surface area contributed by atoms with Crippen LogP contribution in [0.5, 0.6) is 0 Å². The van der Waals surface area contributed by atoms with Crippen LogP contribution >= 0.6 is 0 Å². The Bertz CT molecular complexity index is 974. The average Bonchev–Trinajstić information content (AvgIpc) is 3.03. The first-order valence-corrected chi connectivity index (χ1v) is 12.5. The van der Waals surface area contributed by atoms with Gasteiger partial charge in [-0.1, -0.05) is 38.5 Å². The van der Waals surface area contributed by atoms with Crippen LogP contribution in [-0.4, -0.2) is 76.1 Å². The summed E-state index contributed by atoms with van der Waals surface area (Å²) in [6.45, 7) is 3.83. The van der Waals surface area contributed by atoms with E-state index >= 15 is 0 Å². The number of ether oxygens (including phenoxy) is 1. The molecule has 12 heteroatoms. The third kappa shape index (κ3) is 8.48. The minimum absolute atomic E-state index is 0.0757. The van der Waals surface area contributed by atoms with Crippen molar-refractivity contribution in [2.45, 2.75) is 82.7 Å². The van der Waals surface area contributed by atoms with E-state index in [1.165, 1.54) is 11.0 Å². The standard InChI is InChI=1S/C26H36F4N2O6/c1-4-15(2)8-11-20(33)21(34)22(35)23(38-3)24(36)31-19-7-5-6-12-32(25(19)37)14-16-9-10-18(27)17(13-16)26(28,29)30/h8-11,13,15,19-23,33-35H,4-7,12,14H2,1-3H3,(H,31,36)/t15?,19?,20-,21+,22-,23-/m1/s1. The lowest BCUT2D eigenvalue weighted by Crippen LogP contribution is -2.55. The molecule has 4 N–H and O–H groups in total. The van der Waals surface area contributed by atoms with Gasteiger partial charge in [0.15, 0.2) is 6.10 Å². The zero-order valence-electron chi connectivity index (χ0n) is 21.6. The van der Waals surface area contributed by atoms with Crippen molar-refractivity contribution in [3.63, 3.8) is 0 Å². The van der Waals surface area contributed by atoms with Crippen molar-refractivity contribution in [2.75, 3.05) is 13.7 Å². The van der Waals surface area contributed by atoms with E-state index in [2.05, 4.69) is 5.32 Å². The number of aliphatic hydroxyl groups excluding tert-OH is 3. The maximum Gasteiger partial charge on any atom is 0.419 e. The van der Waals surface area contributed by atoms with Gasteiger partial charge >= 0.3 is 6.18 Å². The van der Waals surface area contributed by atoms with Crippen molar-refractivity contribution >= 4 is 11.8 Å². The first kappa shape index (κ1) is 31.7. The molecule has 2 rings (SSSR count). The molecule has 8 nitrogen and oxygen atoms in total. The number of likely N-dealkylation sites (tertiary alicyclic amines) is 1. The second-order valence-corrected chi connectivity index (χ2v) is 9.53. The maximum atomic E-state index is 13.6. The summed E-state index contributed by atoms with van der Waals surface area (Å²) in [5.74, 6) is -2.76. The monoisotopic (exact) mass is 548 g/mol. The van der Waals surface area contributed by atoms with Crippen LogP contribution in [0.1, 0.15) is 50.7 Å². The highest BCUT2D eigenvalue weighted by Gasteiger charge is 2.38. The minimum atomic E-state index is -4.89. The molecule has 214 valence electrons. The second kappa shape index (κ2) is 14.0. The number of allylic oxidation sites excluding steroid dienone is 1. The van der Waals surface area contributed by atoms with Gasteiger partial charge in [0.25, 0.3) is 5.91 Å². The highest BCUT2D eigenvalue weighted by atomic mass is 19.4. The smallest absolute Gasteiger partial charge is 0.387 e. The zero-order valence-corrected chi connectivity index (χ0v) is 21.6. The van der Waals surface area contributed by atoms with Crippen LogP contribution < -0.4 is 5.32 Å². The fourth-order valence-electron chi connectivity index (χ4n) is 4.09. The van der Waals surface area contributed by atoms with E-state index in [0.717, 1.165) is 19.6 Å². The average molecular weight is 549 g/mol. The molecule has 38 heavy (non-hydrogen) atoms. The molecular weight excluding hydrogens is 512 g/mol. The zero-order chi connectivity index (χ0) is 28.6. The van der Waals surface area contributed by atoms with Crippen LogP contribution in [-0.2, 0) is 27.0 Å². The fraction of sp³-hybridized carbons (Fsp3) is 0.615. The number of nitrogens with zero attached hydrogens (tertiary/aromatic N) is 1. The summed E-state index contributed by atoms with van der Waals surface area (Å²) >= 11 is 0. The highest BCUT2D eigenvalue weighted by Crippen LogP contribution is 2.32. The molecule has 0 radical (unpaired) electrons. The first-order chi connectivity index (χ1) is 17.8. The molecule has 1 aromatic carbocycles. The number of nitrogens with one attached hydrogen (secondary N) is 1. The quantitative estimate of drug-likeness (QED) is 0.249. The van der Waals surface area contributed by atoms with E-state index in [4.69, 9.17) is 4.74 Å². The van der Waals surface area contributed by atoms with Crippen molar-refractivity contribution in [3.05, 3.63) is 47.3 Å². The van der Waals surface area contributed by atoms with Crippen molar-refractivity contribution < 1.29 is 47.2 Å². The van der Waals surface area contributed by atoms with Crippen molar-refractivity contribution in [3.8, 4) is 0 Å². The van der Waals surface area contributed by atoms with Gasteiger partial charge in [0.2, 0.25) is 5.91 Å². The summed E-state index contributed by atoms with van der Waals surface area (Å²) < 4.78 is 58.0. The Labute approximate surface area is 219 Å². The van der Waals surface area contributed by atoms with Gasteiger partial charge in [-0.05, 0) is 42.9 Å². The molecule has 1 fully saturated rings. The third-order valence-electron chi connectivity index (χ3n) is 6.61. The number of hydrogen-bond donors (Lipinski definition) is 4. The van der Waals surface area contributed by atoms with Crippen molar-refractivity contribution in [2.24, 2.45) is 5.92 Å². The Balaban J connectivity index is 2.12. The molecule has 1 heterocycles. The van der Waals surface area contributed by atoms with E-state index in [-0.39, 0.29) is 31.0 Å². The van der Waals surface area contributed by atoms with E-state index < -0.39 is 59.8 Å². The molecule has 6 atom stereocenters. The van der Waals surface area contributed by atoms with E-state index in [1.807, 2.05) is 13.8 Å². The molecule has 0 aliphatic carbocycles. The molecule has 1 aliphatic rings. The maximum absolute atomic E-state index is 13.6. The molecule has 1 aromatic rings. The van der Waals surface area contributed by atoms with E-state index in [0.29, 0.717) is 25.0 Å². The number of aliphatic hydroxyl groups is 3. The highest BCUT2D eigenvalue weighted by molar-refractivity contribution is 5.89. The number of benzene rings is 1. The second-order valence-electron chi connectivity index (χ2n) is 9.53. The number of methoxy groups -OCH3 is 1. The van der Waals surface area contributed by atoms with E-state index in [1.54, 1.807) is 6.08 Å². The van der Waals surface area contributed by atoms with Gasteiger partial charge in [0, 0.05) is 20.2 Å². The lowest BCUT2D eigenvalue weighted by atomic mass is 9.99. The topological polar surface area (TPSA) is 119 Å². The van der Waals surface area contributed by atoms with Gasteiger partial charge in [-0.15, -0.1) is 0 Å². The van der Waals surface area contributed by atoms with Crippen LogP contribution in [0.15, 0.2) is 30.4 Å². The Hall–Kier alpha value is -2.54. The molecular formula is C26H36F4N2O6. The molecule has 2 unspecified atom stereocenters. The minimum Gasteiger partial charge on any atom is -0.387 e. The lowest BCUT2D eigenvalue weighted by molar-refractivity contribution is -0.151. The molecule has 2 amide bonds. The van der Waals surface area contributed by atoms with Gasteiger partial charge < -0.3 is 30.3 Å². The molecule has 0 saturated carbocycles. The molecule has 1 aliphatic heterocycles. The Kier molecular flexibility index (Phi) is 11.7. The van der Waals surface area contributed by atoms with E-state index in [9.17, 15) is 42.5 Å². The largest absolute Gasteiger partial charge is 0.419 e. The summed E-state index contributed by atoms with van der Waals surface area (Å²) in [6.07, 6.45) is -6.51. The van der Waals surface area contributed by atoms with Crippen molar-refractivity contribution in [1.29, 1.82) is 0 Å². The number of hydrogen-bond acceptors (Lipinski definition) is 6. The Morgan fingerprint density at radius 3 is 2.50 bits per heavy atom. The number of rotatable bonds is 11. The predicted octanol–water partition coefficient (Wildman–Crippen LogP) is 2.54. The molecule has 0 spiro atoms. The summed E-state index contributed by atoms with van der Waals surface area (Å²) in [4.78, 5) is 27.3. The summed E-state index contributed by atoms with van der Waals surface area (Å²) in [5, 5.41) is 33.5. The Morgan fingerprint density at radius 2 is 1.89 bits per heavy atom. The van der Waals surface area contributed by atoms with Crippen LogP contribution in [0.4, 0.5) is 17.6 Å². The van der Waals surface area contributed by atoms with Crippen LogP contribution in [0.3, 0.4) is 0 Å². The summed E-state index contributed by atoms with van der Waals surface area (Å²) in [6, 6.07) is 1.45. The number of carbonyl (C=O) groups is 2. The van der Waals surface area contributed by atoms with Gasteiger partial charge in [-0.3, -0.25) is 9.59 Å². The molecule has 0 aromatic heterocycles. The Morgan fingerprint density at radius 1 is 1.21 bits per heavy atom. The summed E-state index contributed by atoms with van der Waals surface area (Å²) in [5.41, 5.74) is -1.36. The van der Waals surface area contributed by atoms with Crippen LogP contribution in [0, 0.1) is 11.7 Å².